The molecule has 0 N–H and O–H groups in total. The zero-order valence-electron chi connectivity index (χ0n) is 12.4. The van der Waals surface area contributed by atoms with Gasteiger partial charge < -0.3 is 4.90 Å². The maximum absolute atomic E-state index is 12.8. The molecule has 1 saturated heterocycles. The van der Waals surface area contributed by atoms with Crippen LogP contribution in [0.25, 0.3) is 5.65 Å². The number of aryl methyl sites for hydroxylation is 2. The molecule has 0 saturated carbocycles. The lowest BCUT2D eigenvalue weighted by Crippen LogP contribution is -2.39. The van der Waals surface area contributed by atoms with Gasteiger partial charge in [-0.1, -0.05) is 13.0 Å². The Kier molecular flexibility index (Phi) is 3.24. The van der Waals surface area contributed by atoms with E-state index in [4.69, 9.17) is 0 Å². The molecule has 1 aliphatic heterocycles. The van der Waals surface area contributed by atoms with Crippen molar-refractivity contribution in [3.8, 4) is 0 Å². The second kappa shape index (κ2) is 4.93. The summed E-state index contributed by atoms with van der Waals surface area (Å²) in [6.45, 7) is 7.88. The van der Waals surface area contributed by atoms with E-state index in [0.29, 0.717) is 5.92 Å². The van der Waals surface area contributed by atoms with E-state index in [1.165, 1.54) is 6.42 Å². The molecule has 3 heterocycles. The van der Waals surface area contributed by atoms with Crippen molar-refractivity contribution < 1.29 is 4.79 Å². The van der Waals surface area contributed by atoms with Gasteiger partial charge in [0.05, 0.1) is 5.69 Å². The summed E-state index contributed by atoms with van der Waals surface area (Å²) >= 11 is 0. The van der Waals surface area contributed by atoms with Gasteiger partial charge in [0.15, 0.2) is 0 Å². The summed E-state index contributed by atoms with van der Waals surface area (Å²) in [6, 6.07) is 4.00. The van der Waals surface area contributed by atoms with Crippen LogP contribution in [-0.4, -0.2) is 33.3 Å². The van der Waals surface area contributed by atoms with Crippen molar-refractivity contribution >= 4 is 11.6 Å². The summed E-state index contributed by atoms with van der Waals surface area (Å²) in [4.78, 5) is 19.4. The van der Waals surface area contributed by atoms with Crippen molar-refractivity contribution in [2.24, 2.45) is 5.92 Å². The van der Waals surface area contributed by atoms with Crippen LogP contribution >= 0.6 is 0 Å². The third-order valence-electron chi connectivity index (χ3n) is 4.17. The minimum absolute atomic E-state index is 0.118. The number of piperidine rings is 1. The summed E-state index contributed by atoms with van der Waals surface area (Å²) in [5.41, 5.74) is 3.53. The summed E-state index contributed by atoms with van der Waals surface area (Å²) in [7, 11) is 0. The first kappa shape index (κ1) is 13.2. The van der Waals surface area contributed by atoms with E-state index in [1.807, 2.05) is 41.5 Å². The van der Waals surface area contributed by atoms with Crippen LogP contribution < -0.4 is 0 Å². The lowest BCUT2D eigenvalue weighted by Gasteiger charge is -2.30. The Morgan fingerprint density at radius 2 is 2.20 bits per heavy atom. The highest BCUT2D eigenvalue weighted by molar-refractivity contribution is 5.95. The van der Waals surface area contributed by atoms with Crippen molar-refractivity contribution in [3.63, 3.8) is 0 Å². The maximum atomic E-state index is 12.8. The first-order chi connectivity index (χ1) is 9.58. The molecule has 0 aliphatic carbocycles. The van der Waals surface area contributed by atoms with E-state index in [2.05, 4.69) is 11.9 Å². The molecule has 4 nitrogen and oxygen atoms in total. The van der Waals surface area contributed by atoms with Crippen LogP contribution in [0.5, 0.6) is 0 Å². The number of aromatic nitrogens is 2. The topological polar surface area (TPSA) is 37.6 Å². The molecule has 1 unspecified atom stereocenters. The number of rotatable bonds is 1. The van der Waals surface area contributed by atoms with E-state index in [-0.39, 0.29) is 5.91 Å². The smallest absolute Gasteiger partial charge is 0.272 e. The van der Waals surface area contributed by atoms with Gasteiger partial charge in [0.25, 0.3) is 5.91 Å². The molecule has 1 atom stereocenters. The SMILES string of the molecule is Cc1nc2c(C)cccn2c1C(=O)N1CCCC(C)C1. The molecular weight excluding hydrogens is 250 g/mol. The Morgan fingerprint density at radius 1 is 1.40 bits per heavy atom. The van der Waals surface area contributed by atoms with Crippen LogP contribution in [0.2, 0.25) is 0 Å². The molecule has 2 aromatic rings. The van der Waals surface area contributed by atoms with Crippen molar-refractivity contribution in [3.05, 3.63) is 35.3 Å². The molecule has 3 rings (SSSR count). The highest BCUT2D eigenvalue weighted by Crippen LogP contribution is 2.21. The zero-order valence-corrected chi connectivity index (χ0v) is 12.4. The number of carbonyl (C=O) groups excluding carboxylic acids is 1. The highest BCUT2D eigenvalue weighted by Gasteiger charge is 2.26. The predicted molar refractivity (Wildman–Crippen MR) is 79.0 cm³/mol. The lowest BCUT2D eigenvalue weighted by atomic mass is 10.00. The van der Waals surface area contributed by atoms with Gasteiger partial charge in [-0.05, 0) is 44.2 Å². The van der Waals surface area contributed by atoms with Crippen LogP contribution in [0.3, 0.4) is 0 Å². The molecule has 0 bridgehead atoms. The fourth-order valence-corrected chi connectivity index (χ4v) is 3.10. The van der Waals surface area contributed by atoms with E-state index >= 15 is 0 Å². The average molecular weight is 271 g/mol. The van der Waals surface area contributed by atoms with E-state index in [9.17, 15) is 4.79 Å². The van der Waals surface area contributed by atoms with Crippen LogP contribution in [0.4, 0.5) is 0 Å². The summed E-state index contributed by atoms with van der Waals surface area (Å²) in [5.74, 6) is 0.709. The first-order valence-electron chi connectivity index (χ1n) is 7.31. The Morgan fingerprint density at radius 3 is 2.95 bits per heavy atom. The Hall–Kier alpha value is -1.84. The van der Waals surface area contributed by atoms with Crippen molar-refractivity contribution in [2.75, 3.05) is 13.1 Å². The third-order valence-corrected chi connectivity index (χ3v) is 4.17. The molecular formula is C16H21N3O. The number of hydrogen-bond donors (Lipinski definition) is 0. The van der Waals surface area contributed by atoms with E-state index < -0.39 is 0 Å². The summed E-state index contributed by atoms with van der Waals surface area (Å²) in [6.07, 6.45) is 4.25. The monoisotopic (exact) mass is 271 g/mol. The number of pyridine rings is 1. The standard InChI is InChI=1S/C16H21N3O/c1-11-6-4-8-18(10-11)16(20)14-13(3)17-15-12(2)7-5-9-19(14)15/h5,7,9,11H,4,6,8,10H2,1-3H3. The van der Waals surface area contributed by atoms with Crippen LogP contribution in [0.15, 0.2) is 18.3 Å². The number of carbonyl (C=O) groups is 1. The van der Waals surface area contributed by atoms with Gasteiger partial charge in [-0.3, -0.25) is 9.20 Å². The molecule has 4 heteroatoms. The Balaban J connectivity index is 2.03. The van der Waals surface area contributed by atoms with E-state index in [0.717, 1.165) is 42.1 Å². The zero-order chi connectivity index (χ0) is 14.3. The van der Waals surface area contributed by atoms with Crippen LogP contribution in [-0.2, 0) is 0 Å². The van der Waals surface area contributed by atoms with Crippen LogP contribution in [0, 0.1) is 19.8 Å². The lowest BCUT2D eigenvalue weighted by molar-refractivity contribution is 0.0675. The fourth-order valence-electron chi connectivity index (χ4n) is 3.10. The summed E-state index contributed by atoms with van der Waals surface area (Å²) in [5, 5.41) is 0. The Bertz CT molecular complexity index is 659. The molecule has 106 valence electrons. The van der Waals surface area contributed by atoms with Gasteiger partial charge in [-0.2, -0.15) is 0 Å². The first-order valence-corrected chi connectivity index (χ1v) is 7.31. The van der Waals surface area contributed by atoms with Gasteiger partial charge in [0, 0.05) is 19.3 Å². The molecule has 0 radical (unpaired) electrons. The van der Waals surface area contributed by atoms with Crippen molar-refractivity contribution in [2.45, 2.75) is 33.6 Å². The largest absolute Gasteiger partial charge is 0.337 e. The van der Waals surface area contributed by atoms with Gasteiger partial charge in [0.1, 0.15) is 11.3 Å². The Labute approximate surface area is 119 Å². The average Bonchev–Trinajstić information content (AvgIpc) is 2.76. The number of amides is 1. The number of fused-ring (bicyclic) bond motifs is 1. The fraction of sp³-hybridized carbons (Fsp3) is 0.500. The van der Waals surface area contributed by atoms with Crippen LogP contribution in [0.1, 0.15) is 41.5 Å². The minimum atomic E-state index is 0.118. The van der Waals surface area contributed by atoms with Gasteiger partial charge >= 0.3 is 0 Å². The minimum Gasteiger partial charge on any atom is -0.337 e. The predicted octanol–water partition coefficient (Wildman–Crippen LogP) is 2.82. The number of nitrogens with zero attached hydrogens (tertiary/aromatic N) is 3. The maximum Gasteiger partial charge on any atom is 0.272 e. The highest BCUT2D eigenvalue weighted by atomic mass is 16.2. The quantitative estimate of drug-likeness (QED) is 0.800. The summed E-state index contributed by atoms with van der Waals surface area (Å²) < 4.78 is 1.94. The van der Waals surface area contributed by atoms with Crippen molar-refractivity contribution in [1.29, 1.82) is 0 Å². The molecule has 2 aromatic heterocycles. The van der Waals surface area contributed by atoms with Gasteiger partial charge in [-0.25, -0.2) is 4.98 Å². The molecule has 0 spiro atoms. The number of hydrogen-bond acceptors (Lipinski definition) is 2. The van der Waals surface area contributed by atoms with Crippen molar-refractivity contribution in [1.82, 2.24) is 14.3 Å². The second-order valence-corrected chi connectivity index (χ2v) is 5.93. The normalized spacial score (nSPS) is 19.6. The molecule has 1 amide bonds. The molecule has 20 heavy (non-hydrogen) atoms. The van der Waals surface area contributed by atoms with Gasteiger partial charge in [-0.15, -0.1) is 0 Å². The number of imidazole rings is 1. The second-order valence-electron chi connectivity index (χ2n) is 5.93. The van der Waals surface area contributed by atoms with E-state index in [1.54, 1.807) is 0 Å². The number of likely N-dealkylation sites (tertiary alicyclic amines) is 1. The molecule has 0 aromatic carbocycles. The molecule has 1 fully saturated rings. The third kappa shape index (κ3) is 2.09. The van der Waals surface area contributed by atoms with Gasteiger partial charge in [0.2, 0.25) is 0 Å². The molecule has 1 aliphatic rings.